The molecule has 4 heterocycles. The van der Waals surface area contributed by atoms with E-state index < -0.39 is 17.6 Å². The Kier molecular flexibility index (Phi) is 7.72. The maximum Gasteiger partial charge on any atom is 0.303 e. The largest absolute Gasteiger partial charge is 0.490 e. The lowest BCUT2D eigenvalue weighted by Gasteiger charge is -2.36. The van der Waals surface area contributed by atoms with Gasteiger partial charge in [-0.05, 0) is 18.6 Å². The number of benzene rings is 1. The molecule has 5 rings (SSSR count). The Morgan fingerprint density at radius 3 is 2.72 bits per heavy atom. The minimum absolute atomic E-state index is 0.0313. The highest BCUT2D eigenvalue weighted by Crippen LogP contribution is 2.29. The van der Waals surface area contributed by atoms with Crippen molar-refractivity contribution in [2.75, 3.05) is 61.8 Å². The molecule has 0 unspecified atom stereocenters. The minimum Gasteiger partial charge on any atom is -0.490 e. The van der Waals surface area contributed by atoms with Crippen LogP contribution in [0, 0.1) is 11.6 Å². The molecule has 0 radical (unpaired) electrons. The molecule has 3 aromatic heterocycles. The standard InChI is InChI=1S/C25H28F2N8O4/c26-16-13-17(27)21(39-12-2-4-23(36)37)15-19(16)34-9-7-33(8-10-34)6-5-29-25-30-22-14-18(20-3-1-11-38-20)32-35(22)24(28)31-25/h1,3,11,13-15H,2,4-10,12H2,(H,36,37)(H3,28,29,30,31). The van der Waals surface area contributed by atoms with Crippen molar-refractivity contribution in [3.8, 4) is 17.2 Å². The molecule has 14 heteroatoms. The first kappa shape index (κ1) is 26.2. The van der Waals surface area contributed by atoms with Crippen molar-refractivity contribution in [3.05, 3.63) is 48.2 Å². The number of carboxylic acids is 1. The fourth-order valence-corrected chi connectivity index (χ4v) is 4.35. The van der Waals surface area contributed by atoms with E-state index in [1.807, 2.05) is 4.90 Å². The summed E-state index contributed by atoms with van der Waals surface area (Å²) < 4.78 is 40.9. The highest BCUT2D eigenvalue weighted by atomic mass is 19.1. The fourth-order valence-electron chi connectivity index (χ4n) is 4.35. The first-order chi connectivity index (χ1) is 18.9. The zero-order valence-corrected chi connectivity index (χ0v) is 21.0. The second-order valence-corrected chi connectivity index (χ2v) is 9.02. The van der Waals surface area contributed by atoms with Gasteiger partial charge in [0.15, 0.2) is 23.0 Å². The number of furan rings is 1. The van der Waals surface area contributed by atoms with Crippen molar-refractivity contribution in [1.82, 2.24) is 24.5 Å². The van der Waals surface area contributed by atoms with Crippen LogP contribution in [0.5, 0.6) is 5.75 Å². The van der Waals surface area contributed by atoms with Gasteiger partial charge in [0.05, 0.1) is 18.6 Å². The number of anilines is 3. The summed E-state index contributed by atoms with van der Waals surface area (Å²) in [7, 11) is 0. The van der Waals surface area contributed by atoms with E-state index in [0.29, 0.717) is 62.3 Å². The number of aliphatic carboxylic acids is 1. The zero-order chi connectivity index (χ0) is 27.4. The third kappa shape index (κ3) is 6.17. The lowest BCUT2D eigenvalue weighted by molar-refractivity contribution is -0.137. The van der Waals surface area contributed by atoms with Crippen LogP contribution < -0.4 is 20.7 Å². The number of carboxylic acid groups (broad SMARTS) is 1. The van der Waals surface area contributed by atoms with Crippen LogP contribution in [0.4, 0.5) is 26.4 Å². The molecule has 1 aliphatic rings. The van der Waals surface area contributed by atoms with Gasteiger partial charge >= 0.3 is 5.97 Å². The predicted octanol–water partition coefficient (Wildman–Crippen LogP) is 2.72. The number of hydrogen-bond donors (Lipinski definition) is 3. The van der Waals surface area contributed by atoms with Gasteiger partial charge in [-0.1, -0.05) is 0 Å². The average Bonchev–Trinajstić information content (AvgIpc) is 3.59. The fraction of sp³-hybridized carbons (Fsp3) is 0.360. The van der Waals surface area contributed by atoms with Gasteiger partial charge in [-0.3, -0.25) is 9.69 Å². The first-order valence-electron chi connectivity index (χ1n) is 12.5. The second kappa shape index (κ2) is 11.5. The van der Waals surface area contributed by atoms with Gasteiger partial charge < -0.3 is 30.2 Å². The van der Waals surface area contributed by atoms with E-state index in [9.17, 15) is 13.6 Å². The molecule has 0 amide bonds. The lowest BCUT2D eigenvalue weighted by atomic mass is 10.2. The number of carbonyl (C=O) groups is 1. The van der Waals surface area contributed by atoms with E-state index >= 15 is 0 Å². The molecule has 4 N–H and O–H groups in total. The van der Waals surface area contributed by atoms with Gasteiger partial charge in [0.2, 0.25) is 11.9 Å². The number of halogens is 2. The summed E-state index contributed by atoms with van der Waals surface area (Å²) in [6.07, 6.45) is 1.71. The van der Waals surface area contributed by atoms with Crippen molar-refractivity contribution in [1.29, 1.82) is 0 Å². The SMILES string of the molecule is Nc1nc(NCCN2CCN(c3cc(OCCCC(=O)O)c(F)cc3F)CC2)nc2cc(-c3ccco3)nn12. The molecular weight excluding hydrogens is 514 g/mol. The second-order valence-electron chi connectivity index (χ2n) is 9.02. The van der Waals surface area contributed by atoms with E-state index in [1.165, 1.54) is 10.6 Å². The summed E-state index contributed by atoms with van der Waals surface area (Å²) in [6, 6.07) is 7.48. The normalized spacial score (nSPS) is 14.2. The molecule has 206 valence electrons. The maximum absolute atomic E-state index is 14.5. The highest BCUT2D eigenvalue weighted by molar-refractivity contribution is 5.66. The van der Waals surface area contributed by atoms with Crippen molar-refractivity contribution in [2.45, 2.75) is 12.8 Å². The number of nitrogens with one attached hydrogen (secondary N) is 1. The number of fused-ring (bicyclic) bond motifs is 1. The van der Waals surface area contributed by atoms with E-state index in [0.717, 1.165) is 6.07 Å². The molecule has 0 aliphatic carbocycles. The molecule has 1 saturated heterocycles. The topological polar surface area (TPSA) is 147 Å². The maximum atomic E-state index is 14.5. The van der Waals surface area contributed by atoms with Crippen molar-refractivity contribution in [3.63, 3.8) is 0 Å². The molecule has 4 aromatic rings. The Hall–Kier alpha value is -4.46. The molecule has 39 heavy (non-hydrogen) atoms. The number of nitrogen functional groups attached to an aromatic ring is 1. The average molecular weight is 543 g/mol. The number of nitrogens with zero attached hydrogens (tertiary/aromatic N) is 6. The van der Waals surface area contributed by atoms with Gasteiger partial charge in [-0.15, -0.1) is 0 Å². The number of hydrogen-bond acceptors (Lipinski definition) is 10. The number of nitrogens with two attached hydrogens (primary N) is 1. The Morgan fingerprint density at radius 2 is 1.97 bits per heavy atom. The van der Waals surface area contributed by atoms with Crippen LogP contribution in [0.3, 0.4) is 0 Å². The summed E-state index contributed by atoms with van der Waals surface area (Å²) >= 11 is 0. The van der Waals surface area contributed by atoms with Gasteiger partial charge in [-0.2, -0.15) is 19.6 Å². The summed E-state index contributed by atoms with van der Waals surface area (Å²) in [6.45, 7) is 3.72. The zero-order valence-electron chi connectivity index (χ0n) is 21.0. The predicted molar refractivity (Wildman–Crippen MR) is 139 cm³/mol. The summed E-state index contributed by atoms with van der Waals surface area (Å²) in [5.41, 5.74) is 7.46. The van der Waals surface area contributed by atoms with Crippen molar-refractivity contribution in [2.24, 2.45) is 0 Å². The molecule has 0 atom stereocenters. The van der Waals surface area contributed by atoms with Crippen LogP contribution >= 0.6 is 0 Å². The lowest BCUT2D eigenvalue weighted by Crippen LogP contribution is -2.48. The molecule has 12 nitrogen and oxygen atoms in total. The first-order valence-corrected chi connectivity index (χ1v) is 12.5. The van der Waals surface area contributed by atoms with Crippen LogP contribution in [0.15, 0.2) is 41.0 Å². The molecule has 0 spiro atoms. The van der Waals surface area contributed by atoms with Crippen molar-refractivity contribution >= 4 is 29.2 Å². The van der Waals surface area contributed by atoms with Gasteiger partial charge in [0.25, 0.3) is 0 Å². The van der Waals surface area contributed by atoms with Crippen LogP contribution in [-0.2, 0) is 4.79 Å². The highest BCUT2D eigenvalue weighted by Gasteiger charge is 2.22. The van der Waals surface area contributed by atoms with Gasteiger partial charge in [0, 0.05) is 63.9 Å². The van der Waals surface area contributed by atoms with Crippen LogP contribution in [-0.4, -0.2) is 81.4 Å². The van der Waals surface area contributed by atoms with Crippen molar-refractivity contribution < 1.29 is 27.8 Å². The third-order valence-electron chi connectivity index (χ3n) is 6.34. The Bertz CT molecular complexity index is 1440. The molecule has 1 aliphatic heterocycles. The number of piperazine rings is 1. The van der Waals surface area contributed by atoms with Gasteiger partial charge in [0.1, 0.15) is 11.5 Å². The van der Waals surface area contributed by atoms with Crippen LogP contribution in [0.25, 0.3) is 17.1 Å². The quantitative estimate of drug-likeness (QED) is 0.240. The summed E-state index contributed by atoms with van der Waals surface area (Å²) in [4.78, 5) is 23.4. The number of aromatic nitrogens is 4. The molecule has 0 bridgehead atoms. The Labute approximate surface area is 222 Å². The van der Waals surface area contributed by atoms with E-state index in [1.54, 1.807) is 24.5 Å². The Balaban J connectivity index is 1.13. The molecular formula is C25H28F2N8O4. The van der Waals surface area contributed by atoms with E-state index in [2.05, 4.69) is 25.3 Å². The monoisotopic (exact) mass is 542 g/mol. The van der Waals surface area contributed by atoms with Crippen LogP contribution in [0.2, 0.25) is 0 Å². The molecule has 1 fully saturated rings. The molecule has 1 aromatic carbocycles. The smallest absolute Gasteiger partial charge is 0.303 e. The molecule has 0 saturated carbocycles. The van der Waals surface area contributed by atoms with E-state index in [-0.39, 0.29) is 36.8 Å². The number of rotatable bonds is 11. The number of ether oxygens (including phenoxy) is 1. The third-order valence-corrected chi connectivity index (χ3v) is 6.34. The van der Waals surface area contributed by atoms with E-state index in [4.69, 9.17) is 20.0 Å². The van der Waals surface area contributed by atoms with Crippen LogP contribution in [0.1, 0.15) is 12.8 Å². The van der Waals surface area contributed by atoms with Gasteiger partial charge in [-0.25, -0.2) is 8.78 Å². The minimum atomic E-state index is -0.956. The summed E-state index contributed by atoms with van der Waals surface area (Å²) in [5.74, 6) is -1.34. The summed E-state index contributed by atoms with van der Waals surface area (Å²) in [5, 5.41) is 16.3. The Morgan fingerprint density at radius 1 is 1.15 bits per heavy atom.